The van der Waals surface area contributed by atoms with Crippen LogP contribution in [0.1, 0.15) is 13.3 Å². The van der Waals surface area contributed by atoms with Gasteiger partial charge in [0.2, 0.25) is 5.91 Å². The SMILES string of the molecule is CN[C@@H](CCOP(=O)(O)N(C)CCN(C)C(C)=O)C(=O)O. The molecule has 0 saturated heterocycles. The van der Waals surface area contributed by atoms with Crippen molar-refractivity contribution in [3.05, 3.63) is 0 Å². The minimum absolute atomic E-state index is 0.0670. The fourth-order valence-corrected chi connectivity index (χ4v) is 2.24. The molecule has 0 saturated carbocycles. The highest BCUT2D eigenvalue weighted by Crippen LogP contribution is 2.44. The number of carbonyl (C=O) groups is 2. The number of amides is 1. The first-order chi connectivity index (χ1) is 9.61. The Hall–Kier alpha value is -0.990. The lowest BCUT2D eigenvalue weighted by atomic mass is 10.2. The van der Waals surface area contributed by atoms with Crippen LogP contribution in [0, 0.1) is 0 Å². The molecule has 3 N–H and O–H groups in total. The van der Waals surface area contributed by atoms with Gasteiger partial charge in [-0.1, -0.05) is 0 Å². The van der Waals surface area contributed by atoms with Crippen LogP contribution in [0.5, 0.6) is 0 Å². The zero-order valence-electron chi connectivity index (χ0n) is 12.8. The van der Waals surface area contributed by atoms with Crippen LogP contribution in [-0.4, -0.2) is 78.3 Å². The third kappa shape index (κ3) is 7.54. The van der Waals surface area contributed by atoms with Crippen molar-refractivity contribution in [2.24, 2.45) is 0 Å². The average Bonchev–Trinajstić information content (AvgIpc) is 2.39. The molecule has 2 atom stereocenters. The molecule has 9 nitrogen and oxygen atoms in total. The highest BCUT2D eigenvalue weighted by molar-refractivity contribution is 7.50. The van der Waals surface area contributed by atoms with Crippen molar-refractivity contribution in [1.82, 2.24) is 14.9 Å². The Kier molecular flexibility index (Phi) is 8.68. The van der Waals surface area contributed by atoms with E-state index < -0.39 is 19.8 Å². The lowest BCUT2D eigenvalue weighted by Gasteiger charge is -2.25. The number of nitrogens with one attached hydrogen (secondary N) is 1. The van der Waals surface area contributed by atoms with Gasteiger partial charge in [-0.2, -0.15) is 0 Å². The molecule has 0 spiro atoms. The van der Waals surface area contributed by atoms with Crippen LogP contribution in [-0.2, 0) is 18.7 Å². The summed E-state index contributed by atoms with van der Waals surface area (Å²) in [6.45, 7) is 1.68. The van der Waals surface area contributed by atoms with Crippen LogP contribution in [0.25, 0.3) is 0 Å². The molecule has 0 aromatic carbocycles. The Morgan fingerprint density at radius 1 is 1.33 bits per heavy atom. The second kappa shape index (κ2) is 9.11. The Morgan fingerprint density at radius 3 is 2.33 bits per heavy atom. The highest BCUT2D eigenvalue weighted by atomic mass is 31.2. The third-order valence-electron chi connectivity index (χ3n) is 3.04. The standard InChI is InChI=1S/C11H24N3O6P/c1-9(15)13(3)6-7-14(4)21(18,19)20-8-5-10(12-2)11(16)17/h10,12H,5-8H2,1-4H3,(H,16,17)(H,18,19)/t10-/m0/s1. The topological polar surface area (TPSA) is 119 Å². The number of hydrogen-bond donors (Lipinski definition) is 3. The van der Waals surface area contributed by atoms with Crippen LogP contribution in [0.15, 0.2) is 0 Å². The second-order valence-electron chi connectivity index (χ2n) is 4.61. The first-order valence-corrected chi connectivity index (χ1v) is 7.95. The van der Waals surface area contributed by atoms with Crippen molar-refractivity contribution in [2.45, 2.75) is 19.4 Å². The van der Waals surface area contributed by atoms with Crippen molar-refractivity contribution < 1.29 is 28.7 Å². The molecular weight excluding hydrogens is 301 g/mol. The van der Waals surface area contributed by atoms with E-state index in [1.807, 2.05) is 0 Å². The molecule has 0 aliphatic heterocycles. The summed E-state index contributed by atoms with van der Waals surface area (Å²) in [7, 11) is 0.486. The van der Waals surface area contributed by atoms with Gasteiger partial charge in [0.25, 0.3) is 0 Å². The summed E-state index contributed by atoms with van der Waals surface area (Å²) in [5, 5.41) is 11.4. The molecule has 10 heteroatoms. The molecule has 0 rings (SSSR count). The Labute approximate surface area is 124 Å². The number of likely N-dealkylation sites (N-methyl/N-ethyl adjacent to an activating group) is 3. The Morgan fingerprint density at radius 2 is 1.90 bits per heavy atom. The van der Waals surface area contributed by atoms with Crippen LogP contribution in [0.3, 0.4) is 0 Å². The van der Waals surface area contributed by atoms with Crippen molar-refractivity contribution >= 4 is 19.6 Å². The van der Waals surface area contributed by atoms with Gasteiger partial charge in [-0.25, -0.2) is 9.24 Å². The highest BCUT2D eigenvalue weighted by Gasteiger charge is 2.27. The first kappa shape index (κ1) is 20.0. The molecule has 21 heavy (non-hydrogen) atoms. The molecule has 0 aromatic rings. The summed E-state index contributed by atoms with van der Waals surface area (Å²) in [6, 6.07) is -0.834. The molecule has 124 valence electrons. The van der Waals surface area contributed by atoms with Crippen molar-refractivity contribution in [1.29, 1.82) is 0 Å². The van der Waals surface area contributed by atoms with Gasteiger partial charge >= 0.3 is 13.7 Å². The number of rotatable bonds is 10. The number of carboxylic acids is 1. The molecule has 1 unspecified atom stereocenters. The van der Waals surface area contributed by atoms with Gasteiger partial charge in [-0.05, 0) is 20.5 Å². The summed E-state index contributed by atoms with van der Waals surface area (Å²) >= 11 is 0. The third-order valence-corrected chi connectivity index (χ3v) is 4.62. The van der Waals surface area contributed by atoms with E-state index in [4.69, 9.17) is 9.63 Å². The van der Waals surface area contributed by atoms with E-state index in [1.165, 1.54) is 25.9 Å². The number of nitrogens with zero attached hydrogens (tertiary/aromatic N) is 2. The second-order valence-corrected chi connectivity index (χ2v) is 6.54. The van der Waals surface area contributed by atoms with E-state index in [0.717, 1.165) is 4.67 Å². The normalized spacial score (nSPS) is 15.5. The number of hydrogen-bond acceptors (Lipinski definition) is 5. The zero-order chi connectivity index (χ0) is 16.6. The lowest BCUT2D eigenvalue weighted by Crippen LogP contribution is -2.35. The maximum Gasteiger partial charge on any atom is 0.405 e. The van der Waals surface area contributed by atoms with Crippen molar-refractivity contribution in [3.8, 4) is 0 Å². The molecule has 0 heterocycles. The Bertz CT molecular complexity index is 405. The van der Waals surface area contributed by atoms with Gasteiger partial charge in [-0.3, -0.25) is 14.1 Å². The quantitative estimate of drug-likeness (QED) is 0.463. The molecule has 0 aliphatic rings. The first-order valence-electron chi connectivity index (χ1n) is 6.42. The summed E-state index contributed by atoms with van der Waals surface area (Å²) < 4.78 is 17.9. The van der Waals surface area contributed by atoms with Crippen molar-refractivity contribution in [3.63, 3.8) is 0 Å². The predicted molar refractivity (Wildman–Crippen MR) is 76.8 cm³/mol. The monoisotopic (exact) mass is 325 g/mol. The largest absolute Gasteiger partial charge is 0.480 e. The predicted octanol–water partition coefficient (Wildman–Crippen LogP) is -0.424. The van der Waals surface area contributed by atoms with E-state index in [1.54, 1.807) is 7.05 Å². The van der Waals surface area contributed by atoms with Crippen LogP contribution < -0.4 is 5.32 Å². The summed E-state index contributed by atoms with van der Waals surface area (Å²) in [5.74, 6) is -1.19. The van der Waals surface area contributed by atoms with E-state index in [9.17, 15) is 19.0 Å². The minimum Gasteiger partial charge on any atom is -0.480 e. The van der Waals surface area contributed by atoms with E-state index in [-0.39, 0.29) is 32.0 Å². The molecule has 0 aliphatic carbocycles. The summed E-state index contributed by atoms with van der Waals surface area (Å²) in [5.41, 5.74) is 0. The van der Waals surface area contributed by atoms with Gasteiger partial charge in [0.05, 0.1) is 6.61 Å². The maximum atomic E-state index is 11.9. The van der Waals surface area contributed by atoms with Crippen LogP contribution >= 0.6 is 7.75 Å². The van der Waals surface area contributed by atoms with E-state index in [2.05, 4.69) is 5.32 Å². The summed E-state index contributed by atoms with van der Waals surface area (Å²) in [4.78, 5) is 33.0. The number of carbonyl (C=O) groups excluding carboxylic acids is 1. The molecular formula is C11H24N3O6P. The van der Waals surface area contributed by atoms with E-state index >= 15 is 0 Å². The fraction of sp³-hybridized carbons (Fsp3) is 0.818. The van der Waals surface area contributed by atoms with Crippen LogP contribution in [0.2, 0.25) is 0 Å². The Balaban J connectivity index is 4.25. The van der Waals surface area contributed by atoms with Gasteiger partial charge < -0.3 is 20.2 Å². The minimum atomic E-state index is -3.99. The van der Waals surface area contributed by atoms with Gasteiger partial charge in [-0.15, -0.1) is 0 Å². The lowest BCUT2D eigenvalue weighted by molar-refractivity contribution is -0.139. The summed E-state index contributed by atoms with van der Waals surface area (Å²) in [6.07, 6.45) is 0.0670. The van der Waals surface area contributed by atoms with Gasteiger partial charge in [0.15, 0.2) is 0 Å². The van der Waals surface area contributed by atoms with Crippen molar-refractivity contribution in [2.75, 3.05) is 40.8 Å². The fourth-order valence-electron chi connectivity index (χ4n) is 1.36. The van der Waals surface area contributed by atoms with Gasteiger partial charge in [0.1, 0.15) is 6.04 Å². The number of aliphatic carboxylic acids is 1. The molecule has 0 radical (unpaired) electrons. The number of carboxylic acid groups (broad SMARTS) is 1. The average molecular weight is 325 g/mol. The molecule has 0 fully saturated rings. The molecule has 0 aromatic heterocycles. The maximum absolute atomic E-state index is 11.9. The van der Waals surface area contributed by atoms with E-state index in [0.29, 0.717) is 0 Å². The van der Waals surface area contributed by atoms with Crippen LogP contribution in [0.4, 0.5) is 0 Å². The smallest absolute Gasteiger partial charge is 0.405 e. The van der Waals surface area contributed by atoms with Gasteiger partial charge in [0, 0.05) is 27.1 Å². The molecule has 0 bridgehead atoms. The zero-order valence-corrected chi connectivity index (χ0v) is 13.7. The molecule has 1 amide bonds.